The highest BCUT2D eigenvalue weighted by molar-refractivity contribution is 7.21. The molecule has 0 atom stereocenters. The van der Waals surface area contributed by atoms with Crippen LogP contribution in [0.25, 0.3) is 10.2 Å². The van der Waals surface area contributed by atoms with E-state index in [0.29, 0.717) is 23.7 Å². The molecule has 0 unspecified atom stereocenters. The van der Waals surface area contributed by atoms with Gasteiger partial charge in [-0.1, -0.05) is 0 Å². The third kappa shape index (κ3) is 2.78. The van der Waals surface area contributed by atoms with Crippen LogP contribution in [0.1, 0.15) is 29.2 Å². The predicted octanol–water partition coefficient (Wildman–Crippen LogP) is 1.68. The molecule has 2 aromatic rings. The number of thiophene rings is 1. The number of hydrogen-bond donors (Lipinski definition) is 2. The molecule has 0 fully saturated rings. The highest BCUT2D eigenvalue weighted by Gasteiger charge is 2.20. The van der Waals surface area contributed by atoms with Crippen molar-refractivity contribution in [3.05, 3.63) is 10.6 Å². The van der Waals surface area contributed by atoms with Gasteiger partial charge in [-0.25, -0.2) is 0 Å². The molecule has 1 amide bonds. The molecule has 2 rings (SSSR count). The third-order valence-corrected chi connectivity index (χ3v) is 4.20. The number of aromatic nitrogens is 2. The van der Waals surface area contributed by atoms with E-state index >= 15 is 0 Å². The van der Waals surface area contributed by atoms with Gasteiger partial charge >= 0.3 is 0 Å². The number of nitrogens with zero attached hydrogens (tertiary/aromatic N) is 2. The summed E-state index contributed by atoms with van der Waals surface area (Å²) < 4.78 is 7.14. The lowest BCUT2D eigenvalue weighted by Gasteiger charge is -2.08. The molecule has 110 valence electrons. The van der Waals surface area contributed by atoms with E-state index in [1.807, 2.05) is 27.8 Å². The van der Waals surface area contributed by atoms with Gasteiger partial charge in [0.25, 0.3) is 5.91 Å². The maximum atomic E-state index is 12.1. The quantitative estimate of drug-likeness (QED) is 0.822. The van der Waals surface area contributed by atoms with E-state index in [4.69, 9.17) is 10.5 Å². The first-order chi connectivity index (χ1) is 9.41. The number of carbonyl (C=O) groups excluding carboxylic acids is 1. The number of amides is 1. The summed E-state index contributed by atoms with van der Waals surface area (Å²) in [4.78, 5) is 13.6. The van der Waals surface area contributed by atoms with Crippen molar-refractivity contribution in [1.82, 2.24) is 15.1 Å². The molecule has 2 heterocycles. The van der Waals surface area contributed by atoms with Gasteiger partial charge < -0.3 is 15.8 Å². The second-order valence-corrected chi connectivity index (χ2v) is 5.91. The van der Waals surface area contributed by atoms with Crippen LogP contribution < -0.4 is 11.1 Å². The zero-order valence-electron chi connectivity index (χ0n) is 12.2. The number of ether oxygens (including phenoxy) is 1. The second kappa shape index (κ2) is 5.80. The van der Waals surface area contributed by atoms with Crippen LogP contribution in [0, 0.1) is 6.92 Å². The van der Waals surface area contributed by atoms with Crippen molar-refractivity contribution in [3.8, 4) is 0 Å². The summed E-state index contributed by atoms with van der Waals surface area (Å²) in [5.74, 6) is -0.157. The molecule has 2 aromatic heterocycles. The number of fused-ring (bicyclic) bond motifs is 1. The number of anilines is 1. The van der Waals surface area contributed by atoms with Crippen LogP contribution in [-0.4, -0.2) is 34.9 Å². The maximum Gasteiger partial charge on any atom is 0.263 e. The summed E-state index contributed by atoms with van der Waals surface area (Å²) in [6.07, 6.45) is 0.162. The molecule has 7 heteroatoms. The predicted molar refractivity (Wildman–Crippen MR) is 81.2 cm³/mol. The van der Waals surface area contributed by atoms with Crippen molar-refractivity contribution in [2.75, 3.05) is 18.9 Å². The van der Waals surface area contributed by atoms with Gasteiger partial charge in [-0.2, -0.15) is 5.10 Å². The Balaban J connectivity index is 2.11. The van der Waals surface area contributed by atoms with Crippen LogP contribution in [-0.2, 0) is 11.8 Å². The van der Waals surface area contributed by atoms with Crippen molar-refractivity contribution in [3.63, 3.8) is 0 Å². The second-order valence-electron chi connectivity index (χ2n) is 4.91. The van der Waals surface area contributed by atoms with Crippen LogP contribution in [0.3, 0.4) is 0 Å². The molecule has 3 N–H and O–H groups in total. The lowest BCUT2D eigenvalue weighted by Crippen LogP contribution is -2.27. The Morgan fingerprint density at radius 3 is 2.85 bits per heavy atom. The van der Waals surface area contributed by atoms with Gasteiger partial charge in [0.15, 0.2) is 0 Å². The van der Waals surface area contributed by atoms with Crippen LogP contribution in [0.5, 0.6) is 0 Å². The first-order valence-corrected chi connectivity index (χ1v) is 7.34. The standard InChI is InChI=1S/C13H20N4O2S/c1-7(2)19-6-5-15-12(18)11-10(14)9-8(3)16-17(4)13(9)20-11/h7H,5-6,14H2,1-4H3,(H,15,18). The fourth-order valence-corrected chi connectivity index (χ4v) is 3.14. The fourth-order valence-electron chi connectivity index (χ4n) is 2.04. The Kier molecular flexibility index (Phi) is 4.29. The number of aryl methyl sites for hydroxylation is 2. The minimum Gasteiger partial charge on any atom is -0.397 e. The average Bonchev–Trinajstić information content (AvgIpc) is 2.85. The Morgan fingerprint density at radius 2 is 2.25 bits per heavy atom. The highest BCUT2D eigenvalue weighted by atomic mass is 32.1. The molecule has 0 aliphatic carbocycles. The van der Waals surface area contributed by atoms with Gasteiger partial charge in [0, 0.05) is 13.6 Å². The molecule has 0 radical (unpaired) electrons. The number of nitrogens with one attached hydrogen (secondary N) is 1. The Labute approximate surface area is 121 Å². The first-order valence-electron chi connectivity index (χ1n) is 6.53. The minimum absolute atomic E-state index is 0.157. The lowest BCUT2D eigenvalue weighted by molar-refractivity contribution is 0.0748. The van der Waals surface area contributed by atoms with Crippen LogP contribution >= 0.6 is 11.3 Å². The van der Waals surface area contributed by atoms with Gasteiger partial charge in [-0.3, -0.25) is 9.48 Å². The van der Waals surface area contributed by atoms with Crippen molar-refractivity contribution < 1.29 is 9.53 Å². The molecule has 20 heavy (non-hydrogen) atoms. The summed E-state index contributed by atoms with van der Waals surface area (Å²) in [6.45, 7) is 6.78. The van der Waals surface area contributed by atoms with Crippen molar-refractivity contribution in [2.24, 2.45) is 7.05 Å². The Bertz CT molecular complexity index is 630. The largest absolute Gasteiger partial charge is 0.397 e. The summed E-state index contributed by atoms with van der Waals surface area (Å²) in [5, 5.41) is 8.00. The smallest absolute Gasteiger partial charge is 0.263 e. The minimum atomic E-state index is -0.157. The number of rotatable bonds is 5. The Morgan fingerprint density at radius 1 is 1.55 bits per heavy atom. The van der Waals surface area contributed by atoms with Gasteiger partial charge in [0.1, 0.15) is 9.71 Å². The molecule has 0 saturated carbocycles. The Hall–Kier alpha value is -1.60. The maximum absolute atomic E-state index is 12.1. The van der Waals surface area contributed by atoms with E-state index < -0.39 is 0 Å². The van der Waals surface area contributed by atoms with Gasteiger partial charge in [-0.15, -0.1) is 11.3 Å². The fraction of sp³-hybridized carbons (Fsp3) is 0.538. The molecular formula is C13H20N4O2S. The van der Waals surface area contributed by atoms with E-state index in [1.54, 1.807) is 4.68 Å². The van der Waals surface area contributed by atoms with E-state index in [1.165, 1.54) is 11.3 Å². The van der Waals surface area contributed by atoms with E-state index in [0.717, 1.165) is 15.9 Å². The van der Waals surface area contributed by atoms with Crippen LogP contribution in [0.4, 0.5) is 5.69 Å². The molecule has 0 saturated heterocycles. The SMILES string of the molecule is Cc1nn(C)c2sc(C(=O)NCCOC(C)C)c(N)c12. The number of nitrogens with two attached hydrogens (primary N) is 1. The molecule has 0 spiro atoms. The number of carbonyl (C=O) groups is 1. The first kappa shape index (κ1) is 14.8. The van der Waals surface area contributed by atoms with Gasteiger partial charge in [0.2, 0.25) is 0 Å². The van der Waals surface area contributed by atoms with Crippen LogP contribution in [0.15, 0.2) is 0 Å². The summed E-state index contributed by atoms with van der Waals surface area (Å²) in [5.41, 5.74) is 7.43. The van der Waals surface area contributed by atoms with E-state index in [2.05, 4.69) is 10.4 Å². The van der Waals surface area contributed by atoms with E-state index in [-0.39, 0.29) is 12.0 Å². The third-order valence-electron chi connectivity index (χ3n) is 2.93. The topological polar surface area (TPSA) is 82.2 Å². The van der Waals surface area contributed by atoms with Gasteiger partial charge in [0.05, 0.1) is 29.5 Å². The van der Waals surface area contributed by atoms with Crippen molar-refractivity contribution in [2.45, 2.75) is 26.9 Å². The molecular weight excluding hydrogens is 276 g/mol. The van der Waals surface area contributed by atoms with E-state index in [9.17, 15) is 4.79 Å². The molecule has 0 aliphatic heterocycles. The zero-order chi connectivity index (χ0) is 14.9. The van der Waals surface area contributed by atoms with Gasteiger partial charge in [-0.05, 0) is 20.8 Å². The molecule has 0 aromatic carbocycles. The lowest BCUT2D eigenvalue weighted by atomic mass is 10.2. The molecule has 0 bridgehead atoms. The average molecular weight is 296 g/mol. The number of hydrogen-bond acceptors (Lipinski definition) is 5. The van der Waals surface area contributed by atoms with Crippen molar-refractivity contribution in [1.29, 1.82) is 0 Å². The highest BCUT2D eigenvalue weighted by Crippen LogP contribution is 2.35. The number of nitrogen functional groups attached to an aromatic ring is 1. The normalized spacial score (nSPS) is 11.4. The summed E-state index contributed by atoms with van der Waals surface area (Å²) in [7, 11) is 1.85. The zero-order valence-corrected chi connectivity index (χ0v) is 13.0. The monoisotopic (exact) mass is 296 g/mol. The molecule has 0 aliphatic rings. The summed E-state index contributed by atoms with van der Waals surface area (Å²) >= 11 is 1.37. The van der Waals surface area contributed by atoms with Crippen molar-refractivity contribution >= 4 is 33.1 Å². The molecule has 6 nitrogen and oxygen atoms in total. The summed E-state index contributed by atoms with van der Waals surface area (Å²) in [6, 6.07) is 0. The van der Waals surface area contributed by atoms with Crippen LogP contribution in [0.2, 0.25) is 0 Å².